The van der Waals surface area contributed by atoms with Gasteiger partial charge in [-0.25, -0.2) is 0 Å². The van der Waals surface area contributed by atoms with Crippen LogP contribution in [0.2, 0.25) is 0 Å². The molecule has 4 N–H and O–H groups in total. The van der Waals surface area contributed by atoms with Crippen molar-refractivity contribution in [1.82, 2.24) is 0 Å². The molecule has 0 saturated carbocycles. The van der Waals surface area contributed by atoms with E-state index in [2.05, 4.69) is 4.74 Å². The second-order valence-electron chi connectivity index (χ2n) is 2.54. The average Bonchev–Trinajstić information content (AvgIpc) is 2.08. The molecule has 1 aliphatic heterocycles. The summed E-state index contributed by atoms with van der Waals surface area (Å²) in [6.07, 6.45) is -6.13. The van der Waals surface area contributed by atoms with Gasteiger partial charge in [0.2, 0.25) is 0 Å². The maximum absolute atomic E-state index is 10.9. The van der Waals surface area contributed by atoms with Gasteiger partial charge in [0, 0.05) is 0 Å². The predicted octanol–water partition coefficient (Wildman–Crippen LogP) is -3.01. The van der Waals surface area contributed by atoms with E-state index in [1.807, 2.05) is 0 Å². The van der Waals surface area contributed by atoms with Gasteiger partial charge < -0.3 is 25.2 Å². The predicted molar refractivity (Wildman–Crippen MR) is 35.0 cm³/mol. The maximum atomic E-state index is 10.9. The zero-order valence-electron chi connectivity index (χ0n) is 6.12. The van der Waals surface area contributed by atoms with Crippen LogP contribution >= 0.6 is 0 Å². The summed E-state index contributed by atoms with van der Waals surface area (Å²) >= 11 is 0. The molecule has 0 aliphatic carbocycles. The number of carbonyl (C=O) groups excluding carboxylic acids is 1. The highest BCUT2D eigenvalue weighted by Crippen LogP contribution is 2.15. The molecule has 0 aromatic carbocycles. The summed E-state index contributed by atoms with van der Waals surface area (Å²) in [7, 11) is 0. The third kappa shape index (κ3) is 1.47. The van der Waals surface area contributed by atoms with Crippen LogP contribution in [0.1, 0.15) is 0 Å². The smallest absolute Gasteiger partial charge is 0.197 e. The fourth-order valence-electron chi connectivity index (χ4n) is 0.969. The van der Waals surface area contributed by atoms with E-state index < -0.39 is 37.0 Å². The Labute approximate surface area is 68.0 Å². The minimum Gasteiger partial charge on any atom is -0.394 e. The molecule has 6 nitrogen and oxygen atoms in total. The summed E-state index contributed by atoms with van der Waals surface area (Å²) in [5, 5.41) is 35.3. The van der Waals surface area contributed by atoms with Crippen molar-refractivity contribution >= 4 is 5.78 Å². The van der Waals surface area contributed by atoms with Crippen LogP contribution < -0.4 is 0 Å². The molecule has 0 spiro atoms. The Balaban J connectivity index is 2.70. The number of ether oxygens (including phenoxy) is 1. The number of hydrogen-bond donors (Lipinski definition) is 4. The number of carbonyl (C=O) groups is 1. The minimum atomic E-state index is -1.73. The molecule has 0 aromatic heterocycles. The van der Waals surface area contributed by atoms with Crippen LogP contribution in [0, 0.1) is 0 Å². The summed E-state index contributed by atoms with van der Waals surface area (Å²) in [5.41, 5.74) is 0. The molecule has 12 heavy (non-hydrogen) atoms. The Morgan fingerprint density at radius 1 is 1.25 bits per heavy atom. The normalized spacial score (nSPS) is 43.2. The molecule has 1 rings (SSSR count). The molecule has 6 heteroatoms. The van der Waals surface area contributed by atoms with Gasteiger partial charge in [0.1, 0.15) is 12.2 Å². The molecule has 1 heterocycles. The van der Waals surface area contributed by atoms with Gasteiger partial charge in [0.05, 0.1) is 6.61 Å². The molecule has 0 amide bonds. The van der Waals surface area contributed by atoms with Crippen molar-refractivity contribution in [3.8, 4) is 0 Å². The first kappa shape index (κ1) is 9.56. The van der Waals surface area contributed by atoms with Crippen molar-refractivity contribution < 1.29 is 30.0 Å². The highest BCUT2D eigenvalue weighted by molar-refractivity contribution is 5.88. The molecule has 0 bridgehead atoms. The third-order valence-electron chi connectivity index (χ3n) is 1.70. The van der Waals surface area contributed by atoms with Crippen LogP contribution in [0.4, 0.5) is 0 Å². The second-order valence-corrected chi connectivity index (χ2v) is 2.54. The van der Waals surface area contributed by atoms with E-state index in [0.29, 0.717) is 0 Å². The molecule has 0 radical (unpaired) electrons. The van der Waals surface area contributed by atoms with Gasteiger partial charge >= 0.3 is 0 Å². The Bertz CT molecular complexity index is 181. The fraction of sp³-hybridized carbons (Fsp3) is 0.833. The number of Topliss-reactive ketones (excluding diaryl/α,β-unsaturated/α-hetero) is 1. The number of ketones is 1. The fourth-order valence-corrected chi connectivity index (χ4v) is 0.969. The van der Waals surface area contributed by atoms with Gasteiger partial charge in [-0.3, -0.25) is 4.79 Å². The maximum Gasteiger partial charge on any atom is 0.197 e. The first-order chi connectivity index (χ1) is 5.57. The quantitative estimate of drug-likeness (QED) is 0.340. The first-order valence-electron chi connectivity index (χ1n) is 3.42. The summed E-state index contributed by atoms with van der Waals surface area (Å²) in [6.45, 7) is -0.587. The van der Waals surface area contributed by atoms with Crippen LogP contribution in [0.25, 0.3) is 0 Å². The van der Waals surface area contributed by atoms with Crippen LogP contribution in [0.5, 0.6) is 0 Å². The average molecular weight is 178 g/mol. The first-order valence-corrected chi connectivity index (χ1v) is 3.42. The van der Waals surface area contributed by atoms with Crippen molar-refractivity contribution in [3.63, 3.8) is 0 Å². The molecule has 70 valence electrons. The van der Waals surface area contributed by atoms with E-state index >= 15 is 0 Å². The van der Waals surface area contributed by atoms with Crippen molar-refractivity contribution in [3.05, 3.63) is 0 Å². The van der Waals surface area contributed by atoms with Gasteiger partial charge in [0.15, 0.2) is 18.2 Å². The SMILES string of the molecule is O=C1[C@@H](O)C(O)O[C@H](CO)[C@@H]1O. The van der Waals surface area contributed by atoms with E-state index in [9.17, 15) is 4.79 Å². The minimum absolute atomic E-state index is 0.587. The van der Waals surface area contributed by atoms with Crippen LogP contribution in [-0.2, 0) is 9.53 Å². The lowest BCUT2D eigenvalue weighted by Crippen LogP contribution is -2.55. The van der Waals surface area contributed by atoms with E-state index in [1.54, 1.807) is 0 Å². The number of aliphatic hydroxyl groups is 4. The standard InChI is InChI=1S/C6H10O6/c7-1-2-3(8)4(9)5(10)6(11)12-2/h2-3,5-8,10-11H,1H2/t2-,3+,5-,6?/m1/s1. The molecule has 1 fully saturated rings. The van der Waals surface area contributed by atoms with Gasteiger partial charge in [0.25, 0.3) is 0 Å². The number of rotatable bonds is 1. The summed E-state index contributed by atoms with van der Waals surface area (Å²) in [5.74, 6) is -0.937. The van der Waals surface area contributed by atoms with Crippen molar-refractivity contribution in [2.24, 2.45) is 0 Å². The van der Waals surface area contributed by atoms with Crippen molar-refractivity contribution in [2.45, 2.75) is 24.6 Å². The Morgan fingerprint density at radius 2 is 1.83 bits per heavy atom. The number of aliphatic hydroxyl groups excluding tert-OH is 4. The van der Waals surface area contributed by atoms with E-state index in [-0.39, 0.29) is 0 Å². The van der Waals surface area contributed by atoms with Crippen LogP contribution in [-0.4, -0.2) is 57.4 Å². The van der Waals surface area contributed by atoms with Gasteiger partial charge in [-0.15, -0.1) is 0 Å². The van der Waals surface area contributed by atoms with Gasteiger partial charge in [-0.1, -0.05) is 0 Å². The van der Waals surface area contributed by atoms with E-state index in [4.69, 9.17) is 20.4 Å². The highest BCUT2D eigenvalue weighted by atomic mass is 16.6. The lowest BCUT2D eigenvalue weighted by molar-refractivity contribution is -0.238. The zero-order valence-corrected chi connectivity index (χ0v) is 6.12. The lowest BCUT2D eigenvalue weighted by atomic mass is 10.0. The summed E-state index contributed by atoms with van der Waals surface area (Å²) < 4.78 is 4.52. The topological polar surface area (TPSA) is 107 Å². The van der Waals surface area contributed by atoms with E-state index in [0.717, 1.165) is 0 Å². The lowest BCUT2D eigenvalue weighted by Gasteiger charge is -2.32. The summed E-state index contributed by atoms with van der Waals surface area (Å²) in [6, 6.07) is 0. The molecule has 1 unspecified atom stereocenters. The molecule has 4 atom stereocenters. The van der Waals surface area contributed by atoms with Crippen LogP contribution in [0.15, 0.2) is 0 Å². The third-order valence-corrected chi connectivity index (χ3v) is 1.70. The molecule has 1 saturated heterocycles. The van der Waals surface area contributed by atoms with Gasteiger partial charge in [-0.05, 0) is 0 Å². The second kappa shape index (κ2) is 3.46. The highest BCUT2D eigenvalue weighted by Gasteiger charge is 2.42. The van der Waals surface area contributed by atoms with E-state index in [1.165, 1.54) is 0 Å². The monoisotopic (exact) mass is 178 g/mol. The zero-order chi connectivity index (χ0) is 9.30. The summed E-state index contributed by atoms with van der Waals surface area (Å²) in [4.78, 5) is 10.9. The molecular weight excluding hydrogens is 168 g/mol. The molecular formula is C6H10O6. The van der Waals surface area contributed by atoms with Crippen LogP contribution in [0.3, 0.4) is 0 Å². The molecule has 1 aliphatic rings. The Morgan fingerprint density at radius 3 is 2.33 bits per heavy atom. The Hall–Kier alpha value is -0.530. The van der Waals surface area contributed by atoms with Crippen molar-refractivity contribution in [1.29, 1.82) is 0 Å². The largest absolute Gasteiger partial charge is 0.394 e. The van der Waals surface area contributed by atoms with Gasteiger partial charge in [-0.2, -0.15) is 0 Å². The number of hydrogen-bond acceptors (Lipinski definition) is 6. The van der Waals surface area contributed by atoms with Crippen molar-refractivity contribution in [2.75, 3.05) is 6.61 Å². The Kier molecular flexibility index (Phi) is 2.76. The molecule has 0 aromatic rings.